The smallest absolute Gasteiger partial charge is 0.323 e. The molecule has 0 fully saturated rings. The van der Waals surface area contributed by atoms with Gasteiger partial charge in [0.05, 0.1) is 23.0 Å². The van der Waals surface area contributed by atoms with E-state index in [4.69, 9.17) is 9.84 Å². The topological polar surface area (TPSA) is 153 Å². The lowest BCUT2D eigenvalue weighted by molar-refractivity contribution is 0.262. The highest BCUT2D eigenvalue weighted by Gasteiger charge is 2.21. The van der Waals surface area contributed by atoms with Crippen LogP contribution in [-0.4, -0.2) is 45.4 Å². The van der Waals surface area contributed by atoms with Crippen LogP contribution in [-0.2, 0) is 15.6 Å². The first-order valence-electron chi connectivity index (χ1n) is 12.5. The van der Waals surface area contributed by atoms with Gasteiger partial charge in [-0.1, -0.05) is 6.07 Å². The summed E-state index contributed by atoms with van der Waals surface area (Å²) < 4.78 is 32.8. The molecule has 0 aliphatic heterocycles. The van der Waals surface area contributed by atoms with Gasteiger partial charge in [-0.05, 0) is 63.2 Å². The molecule has 12 nitrogen and oxygen atoms in total. The molecule has 210 valence electrons. The Bertz CT molecular complexity index is 1830. The molecule has 0 bridgehead atoms. The summed E-state index contributed by atoms with van der Waals surface area (Å²) in [6.45, 7) is 6.08. The average molecular weight is 573 g/mol. The number of ether oxygens (including phenoxy) is 1. The summed E-state index contributed by atoms with van der Waals surface area (Å²) in [5.41, 5.74) is 3.02. The molecule has 0 atom stereocenters. The van der Waals surface area contributed by atoms with E-state index >= 15 is 0 Å². The van der Waals surface area contributed by atoms with Crippen molar-refractivity contribution in [3.05, 3.63) is 79.5 Å². The fourth-order valence-electron chi connectivity index (χ4n) is 3.90. The van der Waals surface area contributed by atoms with Crippen molar-refractivity contribution >= 4 is 44.1 Å². The summed E-state index contributed by atoms with van der Waals surface area (Å²) >= 11 is 0. The van der Waals surface area contributed by atoms with E-state index in [0.29, 0.717) is 28.6 Å². The Balaban J connectivity index is 1.30. The molecule has 0 spiro atoms. The summed E-state index contributed by atoms with van der Waals surface area (Å²) in [6, 6.07) is 15.1. The molecular weight excluding hydrogens is 544 g/mol. The van der Waals surface area contributed by atoms with Crippen molar-refractivity contribution in [2.75, 3.05) is 21.6 Å². The van der Waals surface area contributed by atoms with Crippen molar-refractivity contribution in [2.45, 2.75) is 26.3 Å². The summed E-state index contributed by atoms with van der Waals surface area (Å²) in [6.07, 6.45) is 7.52. The van der Waals surface area contributed by atoms with E-state index in [-0.39, 0.29) is 11.4 Å². The molecule has 0 saturated carbocycles. The van der Waals surface area contributed by atoms with E-state index in [0.717, 1.165) is 22.7 Å². The normalized spacial score (nSPS) is 11.7. The van der Waals surface area contributed by atoms with Gasteiger partial charge in [-0.15, -0.1) is 0 Å². The second-order valence-corrected chi connectivity index (χ2v) is 12.0. The number of hydrogen-bond acceptors (Lipinski definition) is 8. The third-order valence-corrected chi connectivity index (χ3v) is 6.38. The Hall–Kier alpha value is -5.04. The van der Waals surface area contributed by atoms with E-state index in [1.54, 1.807) is 42.7 Å². The van der Waals surface area contributed by atoms with E-state index in [2.05, 4.69) is 30.3 Å². The first-order chi connectivity index (χ1) is 19.4. The number of nitrogens with one attached hydrogen (secondary N) is 3. The number of aromatic nitrogens is 5. The van der Waals surface area contributed by atoms with Gasteiger partial charge in [0, 0.05) is 41.3 Å². The minimum absolute atomic E-state index is 0.145. The van der Waals surface area contributed by atoms with Crippen molar-refractivity contribution in [3.63, 3.8) is 0 Å². The summed E-state index contributed by atoms with van der Waals surface area (Å²) in [5, 5.41) is 11.4. The molecule has 2 amide bonds. The Morgan fingerprint density at radius 1 is 0.951 bits per heavy atom. The molecule has 0 saturated heterocycles. The van der Waals surface area contributed by atoms with Gasteiger partial charge < -0.3 is 15.4 Å². The van der Waals surface area contributed by atoms with Gasteiger partial charge in [0.2, 0.25) is 10.0 Å². The van der Waals surface area contributed by atoms with Crippen molar-refractivity contribution in [1.82, 2.24) is 24.7 Å². The number of rotatable bonds is 7. The van der Waals surface area contributed by atoms with Crippen LogP contribution in [0.4, 0.5) is 22.0 Å². The molecule has 5 aromatic rings. The average Bonchev–Trinajstić information content (AvgIpc) is 3.33. The highest BCUT2D eigenvalue weighted by atomic mass is 32.2. The zero-order valence-electron chi connectivity index (χ0n) is 22.8. The monoisotopic (exact) mass is 572 g/mol. The quantitative estimate of drug-likeness (QED) is 0.233. The molecular formula is C28H28N8O4S. The maximum Gasteiger partial charge on any atom is 0.323 e. The van der Waals surface area contributed by atoms with Crippen LogP contribution in [0.5, 0.6) is 11.5 Å². The van der Waals surface area contributed by atoms with Crippen molar-refractivity contribution in [3.8, 4) is 22.8 Å². The number of carbonyl (C=O) groups excluding carboxylic acids is 1. The standard InChI is InChI=1S/C28H28N8O4S/c1-28(2,3)36-16-24(26(34-36)18-5-10-23-19(13-18)15-29-17-31-23)33-27(37)32-20-6-8-21(9-7-20)40-22-11-12-30-25(14-22)35-41(4,38)39/h5-17H,1-4H3,(H,30,35)(H2,32,33,37). The summed E-state index contributed by atoms with van der Waals surface area (Å²) in [4.78, 5) is 25.3. The van der Waals surface area contributed by atoms with Crippen LogP contribution in [0.25, 0.3) is 22.2 Å². The molecule has 2 aromatic carbocycles. The molecule has 0 aliphatic carbocycles. The number of hydrogen-bond donors (Lipinski definition) is 3. The summed E-state index contributed by atoms with van der Waals surface area (Å²) in [5.74, 6) is 1.03. The van der Waals surface area contributed by atoms with Crippen LogP contribution in [0.15, 0.2) is 79.5 Å². The lowest BCUT2D eigenvalue weighted by Gasteiger charge is -2.18. The van der Waals surface area contributed by atoms with Gasteiger partial charge in [-0.2, -0.15) is 5.10 Å². The SMILES string of the molecule is CC(C)(C)n1cc(NC(=O)Nc2ccc(Oc3ccnc(NS(C)(=O)=O)c3)cc2)c(-c2ccc3ncncc3c2)n1. The van der Waals surface area contributed by atoms with Gasteiger partial charge in [-0.25, -0.2) is 28.2 Å². The number of anilines is 3. The third-order valence-electron chi connectivity index (χ3n) is 5.80. The van der Waals surface area contributed by atoms with Crippen LogP contribution in [0.2, 0.25) is 0 Å². The van der Waals surface area contributed by atoms with Crippen LogP contribution in [0.3, 0.4) is 0 Å². The van der Waals surface area contributed by atoms with Crippen LogP contribution < -0.4 is 20.1 Å². The van der Waals surface area contributed by atoms with Crippen LogP contribution in [0, 0.1) is 0 Å². The van der Waals surface area contributed by atoms with Crippen LogP contribution >= 0.6 is 0 Å². The maximum atomic E-state index is 13.0. The lowest BCUT2D eigenvalue weighted by atomic mass is 10.1. The Morgan fingerprint density at radius 3 is 2.46 bits per heavy atom. The predicted octanol–water partition coefficient (Wildman–Crippen LogP) is 5.45. The van der Waals surface area contributed by atoms with E-state index in [9.17, 15) is 13.2 Å². The number of amides is 2. The van der Waals surface area contributed by atoms with Gasteiger partial charge >= 0.3 is 6.03 Å². The minimum Gasteiger partial charge on any atom is -0.457 e. The maximum absolute atomic E-state index is 13.0. The van der Waals surface area contributed by atoms with Gasteiger partial charge in [-0.3, -0.25) is 9.40 Å². The number of carbonyl (C=O) groups is 1. The van der Waals surface area contributed by atoms with Gasteiger partial charge in [0.15, 0.2) is 0 Å². The molecule has 5 rings (SSSR count). The zero-order chi connectivity index (χ0) is 29.2. The van der Waals surface area contributed by atoms with Crippen molar-refractivity contribution < 1.29 is 17.9 Å². The minimum atomic E-state index is -3.46. The number of fused-ring (bicyclic) bond motifs is 1. The molecule has 41 heavy (non-hydrogen) atoms. The molecule has 3 heterocycles. The highest BCUT2D eigenvalue weighted by molar-refractivity contribution is 7.92. The fraction of sp³-hybridized carbons (Fsp3) is 0.179. The highest BCUT2D eigenvalue weighted by Crippen LogP contribution is 2.31. The predicted molar refractivity (Wildman–Crippen MR) is 158 cm³/mol. The zero-order valence-corrected chi connectivity index (χ0v) is 23.6. The largest absolute Gasteiger partial charge is 0.457 e. The van der Waals surface area contributed by atoms with Crippen molar-refractivity contribution in [1.29, 1.82) is 0 Å². The van der Waals surface area contributed by atoms with E-state index < -0.39 is 16.1 Å². The number of nitrogens with zero attached hydrogens (tertiary/aromatic N) is 5. The molecule has 0 radical (unpaired) electrons. The number of sulfonamides is 1. The Labute approximate surface area is 236 Å². The Morgan fingerprint density at radius 2 is 1.73 bits per heavy atom. The molecule has 3 aromatic heterocycles. The fourth-order valence-corrected chi connectivity index (χ4v) is 4.39. The van der Waals surface area contributed by atoms with E-state index in [1.807, 2.05) is 43.7 Å². The summed E-state index contributed by atoms with van der Waals surface area (Å²) in [7, 11) is -3.46. The second-order valence-electron chi connectivity index (χ2n) is 10.3. The lowest BCUT2D eigenvalue weighted by Crippen LogP contribution is -2.22. The number of urea groups is 1. The second kappa shape index (κ2) is 10.8. The van der Waals surface area contributed by atoms with E-state index in [1.165, 1.54) is 18.6 Å². The Kier molecular flexibility index (Phi) is 7.28. The van der Waals surface area contributed by atoms with Gasteiger partial charge in [0.1, 0.15) is 29.3 Å². The first-order valence-corrected chi connectivity index (χ1v) is 14.4. The molecule has 0 unspecified atom stereocenters. The van der Waals surface area contributed by atoms with Crippen molar-refractivity contribution in [2.24, 2.45) is 0 Å². The number of pyridine rings is 1. The molecule has 0 aliphatic rings. The van der Waals surface area contributed by atoms with Gasteiger partial charge in [0.25, 0.3) is 0 Å². The first kappa shape index (κ1) is 27.5. The van der Waals surface area contributed by atoms with Crippen LogP contribution in [0.1, 0.15) is 20.8 Å². The molecule has 13 heteroatoms. The third kappa shape index (κ3) is 6.94. The molecule has 3 N–H and O–H groups in total. The number of benzene rings is 2.